The molecule has 0 saturated heterocycles. The molecule has 0 spiro atoms. The average Bonchev–Trinajstić information content (AvgIpc) is 2.48. The van der Waals surface area contributed by atoms with Gasteiger partial charge in [0.05, 0.1) is 11.3 Å². The first kappa shape index (κ1) is 9.40. The molecule has 1 atom stereocenters. The van der Waals surface area contributed by atoms with E-state index < -0.39 is 0 Å². The molecule has 0 aliphatic heterocycles. The fourth-order valence-corrected chi connectivity index (χ4v) is 2.05. The highest BCUT2D eigenvalue weighted by Gasteiger charge is 2.29. The molecule has 1 aromatic heterocycles. The van der Waals surface area contributed by atoms with Crippen LogP contribution in [0, 0.1) is 12.8 Å². The van der Waals surface area contributed by atoms with Crippen LogP contribution >= 0.6 is 0 Å². The molecule has 1 aliphatic carbocycles. The molecule has 4 nitrogen and oxygen atoms in total. The van der Waals surface area contributed by atoms with Crippen LogP contribution in [-0.2, 0) is 6.42 Å². The number of hydrogen-bond acceptors (Lipinski definition) is 4. The zero-order valence-corrected chi connectivity index (χ0v) is 8.25. The zero-order valence-electron chi connectivity index (χ0n) is 8.25. The summed E-state index contributed by atoms with van der Waals surface area (Å²) < 4.78 is 5.12. The molecule has 0 aromatic carbocycles. The molecule has 0 radical (unpaired) electrons. The molecule has 76 valence electrons. The van der Waals surface area contributed by atoms with E-state index in [-0.39, 0.29) is 5.78 Å². The van der Waals surface area contributed by atoms with Crippen molar-refractivity contribution in [1.82, 2.24) is 5.16 Å². The average molecular weight is 194 g/mol. The Balaban J connectivity index is 2.26. The second kappa shape index (κ2) is 3.53. The molecule has 2 rings (SSSR count). The van der Waals surface area contributed by atoms with Crippen LogP contribution in [-0.4, -0.2) is 17.5 Å². The topological polar surface area (TPSA) is 69.1 Å². The first-order chi connectivity index (χ1) is 6.72. The molecule has 2 N–H and O–H groups in total. The standard InChI is InChI=1S/C10H14N2O2/c1-6-10-8(13)4-7(2-3-11)5-9(10)14-12-6/h7H,2-5,11H2,1H3. The number of rotatable bonds is 2. The van der Waals surface area contributed by atoms with Crippen molar-refractivity contribution in [2.75, 3.05) is 6.54 Å². The van der Waals surface area contributed by atoms with Crippen molar-refractivity contribution in [2.45, 2.75) is 26.2 Å². The smallest absolute Gasteiger partial charge is 0.168 e. The lowest BCUT2D eigenvalue weighted by Crippen LogP contribution is -2.21. The predicted molar refractivity (Wildman–Crippen MR) is 51.1 cm³/mol. The second-order valence-corrected chi connectivity index (χ2v) is 3.84. The lowest BCUT2D eigenvalue weighted by atomic mass is 9.84. The maximum atomic E-state index is 11.7. The summed E-state index contributed by atoms with van der Waals surface area (Å²) >= 11 is 0. The van der Waals surface area contributed by atoms with Crippen LogP contribution in [0.5, 0.6) is 0 Å². The fraction of sp³-hybridized carbons (Fsp3) is 0.600. The number of nitrogens with zero attached hydrogens (tertiary/aromatic N) is 1. The van der Waals surface area contributed by atoms with Gasteiger partial charge in [-0.25, -0.2) is 0 Å². The lowest BCUT2D eigenvalue weighted by molar-refractivity contribution is 0.0940. The normalized spacial score (nSPS) is 21.0. The van der Waals surface area contributed by atoms with Crippen molar-refractivity contribution >= 4 is 5.78 Å². The number of nitrogens with two attached hydrogens (primary N) is 1. The first-order valence-electron chi connectivity index (χ1n) is 4.90. The van der Waals surface area contributed by atoms with E-state index in [9.17, 15) is 4.79 Å². The van der Waals surface area contributed by atoms with Crippen LogP contribution in [0.3, 0.4) is 0 Å². The van der Waals surface area contributed by atoms with E-state index in [2.05, 4.69) is 5.16 Å². The van der Waals surface area contributed by atoms with Crippen LogP contribution in [0.15, 0.2) is 4.52 Å². The lowest BCUT2D eigenvalue weighted by Gasteiger charge is -2.18. The van der Waals surface area contributed by atoms with Gasteiger partial charge in [0.2, 0.25) is 0 Å². The molecule has 1 unspecified atom stereocenters. The monoisotopic (exact) mass is 194 g/mol. The van der Waals surface area contributed by atoms with Gasteiger partial charge in [0, 0.05) is 12.8 Å². The second-order valence-electron chi connectivity index (χ2n) is 3.84. The van der Waals surface area contributed by atoms with Crippen molar-refractivity contribution in [3.8, 4) is 0 Å². The maximum Gasteiger partial charge on any atom is 0.168 e. The zero-order chi connectivity index (χ0) is 10.1. The molecular weight excluding hydrogens is 180 g/mol. The van der Waals surface area contributed by atoms with E-state index >= 15 is 0 Å². The van der Waals surface area contributed by atoms with Crippen molar-refractivity contribution in [3.05, 3.63) is 17.0 Å². The van der Waals surface area contributed by atoms with Gasteiger partial charge in [0.25, 0.3) is 0 Å². The molecule has 0 saturated carbocycles. The van der Waals surface area contributed by atoms with E-state index in [1.165, 1.54) is 0 Å². The Labute approximate surface area is 82.4 Å². The van der Waals surface area contributed by atoms with Gasteiger partial charge in [-0.15, -0.1) is 0 Å². The predicted octanol–water partition coefficient (Wildman–Crippen LogP) is 1.08. The van der Waals surface area contributed by atoms with Gasteiger partial charge in [0.1, 0.15) is 5.76 Å². The molecule has 0 bridgehead atoms. The van der Waals surface area contributed by atoms with E-state index in [0.717, 1.165) is 24.3 Å². The first-order valence-corrected chi connectivity index (χ1v) is 4.90. The number of hydrogen-bond donors (Lipinski definition) is 1. The summed E-state index contributed by atoms with van der Waals surface area (Å²) in [5, 5.41) is 3.82. The van der Waals surface area contributed by atoms with Gasteiger partial charge in [-0.3, -0.25) is 4.79 Å². The summed E-state index contributed by atoms with van der Waals surface area (Å²) in [6, 6.07) is 0. The van der Waals surface area contributed by atoms with Gasteiger partial charge in [0.15, 0.2) is 5.78 Å². The van der Waals surface area contributed by atoms with Crippen molar-refractivity contribution in [1.29, 1.82) is 0 Å². The third-order valence-electron chi connectivity index (χ3n) is 2.74. The van der Waals surface area contributed by atoms with Gasteiger partial charge in [-0.1, -0.05) is 5.16 Å². The highest BCUT2D eigenvalue weighted by Crippen LogP contribution is 2.28. The molecule has 0 amide bonds. The maximum absolute atomic E-state index is 11.7. The number of ketones is 1. The summed E-state index contributed by atoms with van der Waals surface area (Å²) in [4.78, 5) is 11.7. The van der Waals surface area contributed by atoms with Crippen LogP contribution in [0.2, 0.25) is 0 Å². The third kappa shape index (κ3) is 1.46. The van der Waals surface area contributed by atoms with E-state index in [1.54, 1.807) is 0 Å². The Morgan fingerprint density at radius 3 is 3.07 bits per heavy atom. The minimum absolute atomic E-state index is 0.156. The van der Waals surface area contributed by atoms with E-state index in [4.69, 9.17) is 10.3 Å². The molecule has 14 heavy (non-hydrogen) atoms. The number of carbonyl (C=O) groups is 1. The summed E-state index contributed by atoms with van der Waals surface area (Å²) in [6.07, 6.45) is 2.27. The van der Waals surface area contributed by atoms with Crippen LogP contribution < -0.4 is 5.73 Å². The molecule has 0 fully saturated rings. The van der Waals surface area contributed by atoms with Crippen molar-refractivity contribution in [2.24, 2.45) is 11.7 Å². The minimum atomic E-state index is 0.156. The van der Waals surface area contributed by atoms with Crippen molar-refractivity contribution in [3.63, 3.8) is 0 Å². The largest absolute Gasteiger partial charge is 0.360 e. The fourth-order valence-electron chi connectivity index (χ4n) is 2.05. The Morgan fingerprint density at radius 1 is 1.57 bits per heavy atom. The molecule has 1 aliphatic rings. The highest BCUT2D eigenvalue weighted by atomic mass is 16.5. The summed E-state index contributed by atoms with van der Waals surface area (Å²) in [5.74, 6) is 1.24. The Morgan fingerprint density at radius 2 is 2.36 bits per heavy atom. The number of fused-ring (bicyclic) bond motifs is 1. The Kier molecular flexibility index (Phi) is 2.37. The molecule has 1 aromatic rings. The van der Waals surface area contributed by atoms with E-state index in [1.807, 2.05) is 6.92 Å². The Hall–Kier alpha value is -1.16. The quantitative estimate of drug-likeness (QED) is 0.764. The van der Waals surface area contributed by atoms with Gasteiger partial charge in [-0.2, -0.15) is 0 Å². The molecule has 1 heterocycles. The highest BCUT2D eigenvalue weighted by molar-refractivity contribution is 5.99. The third-order valence-corrected chi connectivity index (χ3v) is 2.74. The summed E-state index contributed by atoms with van der Waals surface area (Å²) in [6.45, 7) is 2.43. The van der Waals surface area contributed by atoms with Crippen molar-refractivity contribution < 1.29 is 9.32 Å². The summed E-state index contributed by atoms with van der Waals surface area (Å²) in [7, 11) is 0. The number of carbonyl (C=O) groups excluding carboxylic acids is 1. The number of aryl methyl sites for hydroxylation is 1. The van der Waals surface area contributed by atoms with Gasteiger partial charge >= 0.3 is 0 Å². The van der Waals surface area contributed by atoms with Gasteiger partial charge < -0.3 is 10.3 Å². The number of Topliss-reactive ketones (excluding diaryl/α,β-unsaturated/α-hetero) is 1. The van der Waals surface area contributed by atoms with E-state index in [0.29, 0.717) is 24.4 Å². The van der Waals surface area contributed by atoms with Crippen LogP contribution in [0.4, 0.5) is 0 Å². The summed E-state index contributed by atoms with van der Waals surface area (Å²) in [5.41, 5.74) is 6.90. The number of aromatic nitrogens is 1. The molecule has 4 heteroatoms. The Bertz CT molecular complexity index is 357. The minimum Gasteiger partial charge on any atom is -0.360 e. The van der Waals surface area contributed by atoms with Crippen LogP contribution in [0.1, 0.15) is 34.7 Å². The molecular formula is C10H14N2O2. The van der Waals surface area contributed by atoms with Gasteiger partial charge in [-0.05, 0) is 25.8 Å². The van der Waals surface area contributed by atoms with Crippen LogP contribution in [0.25, 0.3) is 0 Å². The SMILES string of the molecule is Cc1noc2c1C(=O)CC(CCN)C2.